The Morgan fingerprint density at radius 2 is 1.68 bits per heavy atom. The molecule has 2 heterocycles. The monoisotopic (exact) mass is 492 g/mol. The third-order valence-corrected chi connectivity index (χ3v) is 6.86. The average molecular weight is 493 g/mol. The fourth-order valence-corrected chi connectivity index (χ4v) is 4.94. The molecule has 5 aromatic rings. The van der Waals surface area contributed by atoms with Crippen LogP contribution in [0.2, 0.25) is 0 Å². The SMILES string of the molecule is Cn1c(=O)c(C(=O)CC(Nc2cccc3ccccc23)c2ccc3c(c2)OCO3)c(O)c2ccccc21. The molecule has 0 bridgehead atoms. The lowest BCUT2D eigenvalue weighted by atomic mass is 9.96. The first-order chi connectivity index (χ1) is 18.0. The summed E-state index contributed by atoms with van der Waals surface area (Å²) in [7, 11) is 1.60. The van der Waals surface area contributed by atoms with E-state index < -0.39 is 17.4 Å². The summed E-state index contributed by atoms with van der Waals surface area (Å²) in [6.45, 7) is 0.139. The molecule has 0 saturated heterocycles. The number of benzene rings is 4. The van der Waals surface area contributed by atoms with Crippen molar-refractivity contribution >= 4 is 33.1 Å². The normalized spacial score (nSPS) is 13.1. The Kier molecular flexibility index (Phi) is 5.53. The molecule has 0 amide bonds. The summed E-state index contributed by atoms with van der Waals surface area (Å²) in [5.74, 6) is 0.483. The number of hydrogen-bond donors (Lipinski definition) is 2. The van der Waals surface area contributed by atoms with E-state index in [1.54, 1.807) is 31.3 Å². The Hall–Kier alpha value is -4.78. The largest absolute Gasteiger partial charge is 0.506 e. The molecule has 1 unspecified atom stereocenters. The average Bonchev–Trinajstić information content (AvgIpc) is 3.40. The van der Waals surface area contributed by atoms with E-state index in [1.165, 1.54) is 4.57 Å². The molecule has 37 heavy (non-hydrogen) atoms. The maximum Gasteiger partial charge on any atom is 0.265 e. The van der Waals surface area contributed by atoms with Crippen molar-refractivity contribution in [2.24, 2.45) is 7.05 Å². The first kappa shape index (κ1) is 22.7. The molecule has 184 valence electrons. The minimum absolute atomic E-state index is 0.0655. The van der Waals surface area contributed by atoms with Crippen LogP contribution in [0.4, 0.5) is 5.69 Å². The number of ether oxygens (including phenoxy) is 2. The molecule has 0 radical (unpaired) electrons. The predicted octanol–water partition coefficient (Wildman–Crippen LogP) is 5.55. The molecule has 1 aromatic heterocycles. The molecule has 7 nitrogen and oxygen atoms in total. The van der Waals surface area contributed by atoms with Crippen LogP contribution in [0, 0.1) is 0 Å². The van der Waals surface area contributed by atoms with Gasteiger partial charge in [-0.15, -0.1) is 0 Å². The number of hydrogen-bond acceptors (Lipinski definition) is 6. The second-order valence-corrected chi connectivity index (χ2v) is 9.07. The Morgan fingerprint density at radius 3 is 2.54 bits per heavy atom. The number of pyridine rings is 1. The van der Waals surface area contributed by atoms with E-state index in [-0.39, 0.29) is 24.5 Å². The van der Waals surface area contributed by atoms with Gasteiger partial charge in [-0.05, 0) is 41.3 Å². The lowest BCUT2D eigenvalue weighted by Gasteiger charge is -2.22. The molecule has 0 fully saturated rings. The van der Waals surface area contributed by atoms with Gasteiger partial charge in [-0.25, -0.2) is 0 Å². The second-order valence-electron chi connectivity index (χ2n) is 9.07. The number of aromatic hydroxyl groups is 1. The summed E-state index contributed by atoms with van der Waals surface area (Å²) in [4.78, 5) is 26.9. The molecule has 1 aliphatic rings. The van der Waals surface area contributed by atoms with E-state index in [9.17, 15) is 14.7 Å². The summed E-state index contributed by atoms with van der Waals surface area (Å²) >= 11 is 0. The van der Waals surface area contributed by atoms with Crippen LogP contribution < -0.4 is 20.3 Å². The third kappa shape index (κ3) is 3.94. The van der Waals surface area contributed by atoms with Crippen LogP contribution in [0.5, 0.6) is 17.2 Å². The Labute approximate surface area is 212 Å². The number of aromatic nitrogens is 1. The molecule has 6 rings (SSSR count). The Morgan fingerprint density at radius 1 is 0.946 bits per heavy atom. The van der Waals surface area contributed by atoms with Gasteiger partial charge in [0, 0.05) is 29.9 Å². The predicted molar refractivity (Wildman–Crippen MR) is 143 cm³/mol. The number of Topliss-reactive ketones (excluding diaryl/α,β-unsaturated/α-hetero) is 1. The van der Waals surface area contributed by atoms with Crippen molar-refractivity contribution in [1.82, 2.24) is 4.57 Å². The highest BCUT2D eigenvalue weighted by Gasteiger charge is 2.26. The second kappa shape index (κ2) is 9.02. The number of fused-ring (bicyclic) bond motifs is 3. The highest BCUT2D eigenvalue weighted by molar-refractivity contribution is 6.04. The number of rotatable bonds is 6. The highest BCUT2D eigenvalue weighted by atomic mass is 16.7. The fraction of sp³-hybridized carbons (Fsp3) is 0.133. The van der Waals surface area contributed by atoms with Gasteiger partial charge in [-0.2, -0.15) is 0 Å². The van der Waals surface area contributed by atoms with Crippen molar-refractivity contribution in [1.29, 1.82) is 0 Å². The number of ketones is 1. The lowest BCUT2D eigenvalue weighted by Crippen LogP contribution is -2.26. The van der Waals surface area contributed by atoms with Crippen molar-refractivity contribution in [2.45, 2.75) is 12.5 Å². The number of aryl methyl sites for hydroxylation is 1. The first-order valence-corrected chi connectivity index (χ1v) is 12.0. The van der Waals surface area contributed by atoms with Crippen molar-refractivity contribution in [3.63, 3.8) is 0 Å². The number of nitrogens with zero attached hydrogens (tertiary/aromatic N) is 1. The fourth-order valence-electron chi connectivity index (χ4n) is 4.94. The topological polar surface area (TPSA) is 89.8 Å². The van der Waals surface area contributed by atoms with E-state index in [4.69, 9.17) is 9.47 Å². The van der Waals surface area contributed by atoms with Crippen LogP contribution in [0.25, 0.3) is 21.7 Å². The Balaban J connectivity index is 1.43. The minimum Gasteiger partial charge on any atom is -0.506 e. The summed E-state index contributed by atoms with van der Waals surface area (Å²) in [6, 6.07) is 25.9. The van der Waals surface area contributed by atoms with E-state index in [0.717, 1.165) is 22.0 Å². The number of nitrogens with one attached hydrogen (secondary N) is 1. The molecular weight excluding hydrogens is 468 g/mol. The molecule has 0 saturated carbocycles. The number of carbonyl (C=O) groups is 1. The lowest BCUT2D eigenvalue weighted by molar-refractivity contribution is 0.0972. The summed E-state index contributed by atoms with van der Waals surface area (Å²) in [5.41, 5.74) is 1.46. The van der Waals surface area contributed by atoms with Crippen LogP contribution in [0.15, 0.2) is 89.7 Å². The van der Waals surface area contributed by atoms with Gasteiger partial charge in [0.15, 0.2) is 17.3 Å². The maximum atomic E-state index is 13.7. The quantitative estimate of drug-likeness (QED) is 0.302. The van der Waals surface area contributed by atoms with Gasteiger partial charge < -0.3 is 24.5 Å². The van der Waals surface area contributed by atoms with Crippen LogP contribution in [-0.4, -0.2) is 22.2 Å². The van der Waals surface area contributed by atoms with Crippen molar-refractivity contribution < 1.29 is 19.4 Å². The van der Waals surface area contributed by atoms with Gasteiger partial charge in [-0.1, -0.05) is 54.6 Å². The van der Waals surface area contributed by atoms with Crippen molar-refractivity contribution in [3.8, 4) is 17.2 Å². The number of carbonyl (C=O) groups excluding carboxylic acids is 1. The Bertz CT molecular complexity index is 1740. The van der Waals surface area contributed by atoms with Gasteiger partial charge in [0.1, 0.15) is 11.3 Å². The van der Waals surface area contributed by atoms with Gasteiger partial charge in [0.2, 0.25) is 6.79 Å². The summed E-state index contributed by atoms with van der Waals surface area (Å²) in [5, 5.41) is 17.0. The molecule has 4 aromatic carbocycles. The number of anilines is 1. The molecule has 0 aliphatic carbocycles. The van der Waals surface area contributed by atoms with Crippen LogP contribution in [0.1, 0.15) is 28.4 Å². The molecule has 7 heteroatoms. The maximum absolute atomic E-state index is 13.7. The van der Waals surface area contributed by atoms with Crippen molar-refractivity contribution in [3.05, 3.63) is 106 Å². The van der Waals surface area contributed by atoms with Crippen LogP contribution in [-0.2, 0) is 7.05 Å². The first-order valence-electron chi connectivity index (χ1n) is 12.0. The highest BCUT2D eigenvalue weighted by Crippen LogP contribution is 2.37. The van der Waals surface area contributed by atoms with Gasteiger partial charge >= 0.3 is 0 Å². The summed E-state index contributed by atoms with van der Waals surface area (Å²) in [6.07, 6.45) is -0.0655. The molecular formula is C30H24N2O5. The van der Waals surface area contributed by atoms with Crippen molar-refractivity contribution in [2.75, 3.05) is 12.1 Å². The molecule has 1 aliphatic heterocycles. The van der Waals surface area contributed by atoms with Crippen LogP contribution >= 0.6 is 0 Å². The zero-order valence-electron chi connectivity index (χ0n) is 20.1. The van der Waals surface area contributed by atoms with E-state index >= 15 is 0 Å². The van der Waals surface area contributed by atoms with Gasteiger partial charge in [0.25, 0.3) is 5.56 Å². The number of para-hydroxylation sites is 1. The van der Waals surface area contributed by atoms with Gasteiger partial charge in [-0.3, -0.25) is 9.59 Å². The van der Waals surface area contributed by atoms with Gasteiger partial charge in [0.05, 0.1) is 11.6 Å². The smallest absolute Gasteiger partial charge is 0.265 e. The standard InChI is InChI=1S/C30H24N2O5/c1-32-24-12-5-4-10-21(24)29(34)28(30(32)35)25(33)16-23(19-13-14-26-27(15-19)37-17-36-26)31-22-11-6-8-18-7-2-3-9-20(18)22/h2-15,23,31,34H,16-17H2,1H3. The summed E-state index contributed by atoms with van der Waals surface area (Å²) < 4.78 is 12.4. The van der Waals surface area contributed by atoms with E-state index in [0.29, 0.717) is 22.4 Å². The zero-order valence-corrected chi connectivity index (χ0v) is 20.1. The van der Waals surface area contributed by atoms with E-state index in [1.807, 2.05) is 60.7 Å². The zero-order chi connectivity index (χ0) is 25.5. The molecule has 2 N–H and O–H groups in total. The molecule has 1 atom stereocenters. The van der Waals surface area contributed by atoms with E-state index in [2.05, 4.69) is 5.32 Å². The minimum atomic E-state index is -0.532. The van der Waals surface area contributed by atoms with Crippen LogP contribution in [0.3, 0.4) is 0 Å². The third-order valence-electron chi connectivity index (χ3n) is 6.86. The molecule has 0 spiro atoms.